The van der Waals surface area contributed by atoms with Gasteiger partial charge in [-0.2, -0.15) is 13.2 Å². The van der Waals surface area contributed by atoms with Gasteiger partial charge in [0.1, 0.15) is 0 Å². The summed E-state index contributed by atoms with van der Waals surface area (Å²) in [7, 11) is 0. The Bertz CT molecular complexity index is 951. The van der Waals surface area contributed by atoms with E-state index in [0.29, 0.717) is 25.9 Å². The van der Waals surface area contributed by atoms with E-state index >= 15 is 0 Å². The minimum absolute atomic E-state index is 0.116. The number of aryl methyl sites for hydroxylation is 2. The molecule has 1 saturated heterocycles. The summed E-state index contributed by atoms with van der Waals surface area (Å²) in [4.78, 5) is 26.8. The number of alkyl halides is 3. The predicted octanol–water partition coefficient (Wildman–Crippen LogP) is 4.61. The van der Waals surface area contributed by atoms with Crippen molar-refractivity contribution in [1.29, 1.82) is 0 Å². The van der Waals surface area contributed by atoms with Gasteiger partial charge in [-0.25, -0.2) is 0 Å². The third kappa shape index (κ3) is 6.30. The molecule has 0 atom stereocenters. The zero-order valence-electron chi connectivity index (χ0n) is 17.6. The monoisotopic (exact) mass is 433 g/mol. The van der Waals surface area contributed by atoms with Gasteiger partial charge in [-0.1, -0.05) is 12.1 Å². The topological polar surface area (TPSA) is 61.4 Å². The fourth-order valence-corrected chi connectivity index (χ4v) is 3.59. The second kappa shape index (κ2) is 9.51. The van der Waals surface area contributed by atoms with Crippen LogP contribution >= 0.6 is 0 Å². The van der Waals surface area contributed by atoms with Gasteiger partial charge in [-0.3, -0.25) is 14.5 Å². The zero-order chi connectivity index (χ0) is 22.6. The molecule has 0 aliphatic carbocycles. The van der Waals surface area contributed by atoms with Crippen LogP contribution in [0.15, 0.2) is 42.5 Å². The maximum Gasteiger partial charge on any atom is 0.416 e. The summed E-state index contributed by atoms with van der Waals surface area (Å²) >= 11 is 0. The van der Waals surface area contributed by atoms with Crippen molar-refractivity contribution < 1.29 is 22.8 Å². The highest BCUT2D eigenvalue weighted by molar-refractivity contribution is 5.93. The molecule has 2 N–H and O–H groups in total. The second-order valence-electron chi connectivity index (χ2n) is 7.97. The van der Waals surface area contributed by atoms with Gasteiger partial charge in [-0.15, -0.1) is 0 Å². The van der Waals surface area contributed by atoms with Gasteiger partial charge >= 0.3 is 6.18 Å². The van der Waals surface area contributed by atoms with E-state index in [4.69, 9.17) is 0 Å². The van der Waals surface area contributed by atoms with E-state index in [9.17, 15) is 22.8 Å². The lowest BCUT2D eigenvalue weighted by Crippen LogP contribution is -2.41. The molecule has 0 unspecified atom stereocenters. The Balaban J connectivity index is 1.47. The number of piperidine rings is 1. The summed E-state index contributed by atoms with van der Waals surface area (Å²) in [5, 5.41) is 5.48. The standard InChI is InChI=1S/C23H26F3N3O2/c1-15-6-7-20(12-16(15)2)27-21(30)14-29-10-8-17(9-11-29)22(31)28-19-5-3-4-18(13-19)23(24,25)26/h3-7,12-13,17H,8-11,14H2,1-2H3,(H,27,30)(H,28,31). The molecule has 1 aliphatic heterocycles. The number of hydrogen-bond donors (Lipinski definition) is 2. The molecule has 1 heterocycles. The van der Waals surface area contributed by atoms with E-state index in [0.717, 1.165) is 28.9 Å². The SMILES string of the molecule is Cc1ccc(NC(=O)CN2CCC(C(=O)Nc3cccc(C(F)(F)F)c3)CC2)cc1C. The molecule has 1 aliphatic rings. The fourth-order valence-electron chi connectivity index (χ4n) is 3.59. The van der Waals surface area contributed by atoms with Crippen LogP contribution in [0.25, 0.3) is 0 Å². The first-order chi connectivity index (χ1) is 14.6. The van der Waals surface area contributed by atoms with Crippen molar-refractivity contribution in [3.05, 3.63) is 59.2 Å². The summed E-state index contributed by atoms with van der Waals surface area (Å²) in [6.07, 6.45) is -3.37. The van der Waals surface area contributed by atoms with Crippen molar-refractivity contribution in [2.24, 2.45) is 5.92 Å². The Labute approximate surface area is 179 Å². The maximum absolute atomic E-state index is 12.8. The Morgan fingerprint density at radius 2 is 1.65 bits per heavy atom. The maximum atomic E-state index is 12.8. The van der Waals surface area contributed by atoms with Crippen molar-refractivity contribution >= 4 is 23.2 Å². The predicted molar refractivity (Wildman–Crippen MR) is 114 cm³/mol. The molecule has 0 radical (unpaired) electrons. The van der Waals surface area contributed by atoms with Crippen LogP contribution in [-0.4, -0.2) is 36.3 Å². The smallest absolute Gasteiger partial charge is 0.326 e. The first-order valence-electron chi connectivity index (χ1n) is 10.2. The minimum atomic E-state index is -4.45. The van der Waals surface area contributed by atoms with Gasteiger partial charge in [0.05, 0.1) is 12.1 Å². The molecular weight excluding hydrogens is 407 g/mol. The van der Waals surface area contributed by atoms with E-state index in [2.05, 4.69) is 10.6 Å². The van der Waals surface area contributed by atoms with E-state index in [-0.39, 0.29) is 30.0 Å². The van der Waals surface area contributed by atoms with E-state index in [1.807, 2.05) is 36.9 Å². The number of hydrogen-bond acceptors (Lipinski definition) is 3. The third-order valence-corrected chi connectivity index (χ3v) is 5.57. The summed E-state index contributed by atoms with van der Waals surface area (Å²) < 4.78 is 38.5. The van der Waals surface area contributed by atoms with Crippen LogP contribution in [0.2, 0.25) is 0 Å². The number of nitrogens with zero attached hydrogens (tertiary/aromatic N) is 1. The molecule has 1 fully saturated rings. The molecule has 2 amide bonds. The minimum Gasteiger partial charge on any atom is -0.326 e. The van der Waals surface area contributed by atoms with Gasteiger partial charge in [0.15, 0.2) is 0 Å². The van der Waals surface area contributed by atoms with Crippen LogP contribution in [0.3, 0.4) is 0 Å². The molecule has 2 aromatic carbocycles. The number of amides is 2. The van der Waals surface area contributed by atoms with Crippen molar-refractivity contribution in [2.75, 3.05) is 30.3 Å². The van der Waals surface area contributed by atoms with Crippen molar-refractivity contribution in [2.45, 2.75) is 32.9 Å². The summed E-state index contributed by atoms with van der Waals surface area (Å²) in [5.41, 5.74) is 2.35. The van der Waals surface area contributed by atoms with Crippen LogP contribution in [0.1, 0.15) is 29.5 Å². The number of rotatable bonds is 5. The van der Waals surface area contributed by atoms with Crippen molar-refractivity contribution in [3.8, 4) is 0 Å². The highest BCUT2D eigenvalue weighted by atomic mass is 19.4. The van der Waals surface area contributed by atoms with Crippen LogP contribution in [0.5, 0.6) is 0 Å². The van der Waals surface area contributed by atoms with E-state index < -0.39 is 11.7 Å². The molecule has 3 rings (SSSR count). The average Bonchev–Trinajstić information content (AvgIpc) is 2.71. The van der Waals surface area contributed by atoms with Gasteiger partial charge < -0.3 is 10.6 Å². The largest absolute Gasteiger partial charge is 0.416 e. The number of nitrogens with one attached hydrogen (secondary N) is 2. The van der Waals surface area contributed by atoms with Gasteiger partial charge in [0, 0.05) is 17.3 Å². The quantitative estimate of drug-likeness (QED) is 0.724. The highest BCUT2D eigenvalue weighted by Crippen LogP contribution is 2.31. The lowest BCUT2D eigenvalue weighted by atomic mass is 9.95. The van der Waals surface area contributed by atoms with Crippen molar-refractivity contribution in [3.63, 3.8) is 0 Å². The Morgan fingerprint density at radius 3 is 2.29 bits per heavy atom. The molecule has 166 valence electrons. The number of carbonyl (C=O) groups excluding carboxylic acids is 2. The summed E-state index contributed by atoms with van der Waals surface area (Å²) in [6, 6.07) is 10.4. The first-order valence-corrected chi connectivity index (χ1v) is 10.2. The molecule has 0 aromatic heterocycles. The van der Waals surface area contributed by atoms with Crippen LogP contribution < -0.4 is 10.6 Å². The normalized spacial score (nSPS) is 15.5. The molecule has 31 heavy (non-hydrogen) atoms. The fraction of sp³-hybridized carbons (Fsp3) is 0.391. The number of anilines is 2. The van der Waals surface area contributed by atoms with Crippen LogP contribution in [-0.2, 0) is 15.8 Å². The van der Waals surface area contributed by atoms with Gasteiger partial charge in [0.25, 0.3) is 0 Å². The number of halogens is 3. The Morgan fingerprint density at radius 1 is 0.968 bits per heavy atom. The van der Waals surface area contributed by atoms with E-state index in [1.54, 1.807) is 0 Å². The number of carbonyl (C=O) groups is 2. The average molecular weight is 433 g/mol. The van der Waals surface area contributed by atoms with Gasteiger partial charge in [0.2, 0.25) is 11.8 Å². The Hall–Kier alpha value is -2.87. The molecule has 0 spiro atoms. The zero-order valence-corrected chi connectivity index (χ0v) is 17.6. The van der Waals surface area contributed by atoms with Crippen LogP contribution in [0.4, 0.5) is 24.5 Å². The second-order valence-corrected chi connectivity index (χ2v) is 7.97. The third-order valence-electron chi connectivity index (χ3n) is 5.57. The van der Waals surface area contributed by atoms with Gasteiger partial charge in [-0.05, 0) is 81.2 Å². The van der Waals surface area contributed by atoms with E-state index in [1.165, 1.54) is 12.1 Å². The molecule has 5 nitrogen and oxygen atoms in total. The Kier molecular flexibility index (Phi) is 7.00. The lowest BCUT2D eigenvalue weighted by Gasteiger charge is -2.30. The number of likely N-dealkylation sites (tertiary alicyclic amines) is 1. The molecule has 8 heteroatoms. The molecule has 0 bridgehead atoms. The lowest BCUT2D eigenvalue weighted by molar-refractivity contribution is -0.137. The highest BCUT2D eigenvalue weighted by Gasteiger charge is 2.31. The summed E-state index contributed by atoms with van der Waals surface area (Å²) in [6.45, 7) is 5.37. The van der Waals surface area contributed by atoms with Crippen LogP contribution in [0, 0.1) is 19.8 Å². The van der Waals surface area contributed by atoms with Crippen molar-refractivity contribution in [1.82, 2.24) is 4.90 Å². The molecule has 2 aromatic rings. The first kappa shape index (κ1) is 22.8. The summed E-state index contributed by atoms with van der Waals surface area (Å²) in [5.74, 6) is -0.706. The molecule has 0 saturated carbocycles. The molecular formula is C23H26F3N3O2. The number of benzene rings is 2.